The average Bonchev–Trinajstić information content (AvgIpc) is 3.35. The van der Waals surface area contributed by atoms with Crippen molar-refractivity contribution in [2.24, 2.45) is 0 Å². The minimum absolute atomic E-state index is 0.248. The molecule has 112 valence electrons. The Labute approximate surface area is 127 Å². The van der Waals surface area contributed by atoms with Crippen molar-refractivity contribution in [1.82, 2.24) is 10.2 Å². The molecule has 0 unspecified atom stereocenters. The fourth-order valence-corrected chi connectivity index (χ4v) is 2.96. The van der Waals surface area contributed by atoms with E-state index in [-0.39, 0.29) is 5.91 Å². The summed E-state index contributed by atoms with van der Waals surface area (Å²) in [6, 6.07) is 8.95. The van der Waals surface area contributed by atoms with Gasteiger partial charge in [0.25, 0.3) is 5.91 Å². The van der Waals surface area contributed by atoms with E-state index in [1.807, 2.05) is 0 Å². The lowest BCUT2D eigenvalue weighted by Gasteiger charge is -2.25. The van der Waals surface area contributed by atoms with Gasteiger partial charge in [-0.2, -0.15) is 0 Å². The number of carbonyl (C=O) groups is 1. The van der Waals surface area contributed by atoms with Crippen LogP contribution in [0.5, 0.6) is 0 Å². The van der Waals surface area contributed by atoms with Crippen molar-refractivity contribution in [2.75, 3.05) is 19.6 Å². The number of hydrogen-bond donors (Lipinski definition) is 1. The van der Waals surface area contributed by atoms with Gasteiger partial charge in [-0.05, 0) is 50.3 Å². The fraction of sp³-hybridized carbons (Fsp3) is 0.500. The molecule has 0 atom stereocenters. The summed E-state index contributed by atoms with van der Waals surface area (Å²) < 4.78 is 0. The van der Waals surface area contributed by atoms with Crippen LogP contribution in [0.4, 0.5) is 0 Å². The smallest absolute Gasteiger partial charge is 0.251 e. The lowest BCUT2D eigenvalue weighted by Crippen LogP contribution is -2.39. The van der Waals surface area contributed by atoms with Crippen LogP contribution in [0, 0.1) is 6.92 Å². The van der Waals surface area contributed by atoms with Crippen molar-refractivity contribution in [2.45, 2.75) is 38.6 Å². The van der Waals surface area contributed by atoms with Gasteiger partial charge < -0.3 is 10.2 Å². The molecule has 0 aromatic heterocycles. The molecule has 1 amide bonds. The third-order valence-corrected chi connectivity index (χ3v) is 4.43. The standard InChI is InChI=1S/C18H24N2O/c1-14-5-2-3-6-15(14)10-12-20(17-8-9-17)18(21)16-7-4-11-19-13-16/h2-3,5-7,17,19H,4,8-13H2,1H3. The molecule has 0 saturated heterocycles. The highest BCUT2D eigenvalue weighted by molar-refractivity contribution is 5.94. The zero-order valence-electron chi connectivity index (χ0n) is 12.8. The van der Waals surface area contributed by atoms with E-state index in [9.17, 15) is 4.79 Å². The molecule has 1 heterocycles. The van der Waals surface area contributed by atoms with Crippen LogP contribution >= 0.6 is 0 Å². The first-order chi connectivity index (χ1) is 10.3. The lowest BCUT2D eigenvalue weighted by molar-refractivity contribution is -0.127. The normalized spacial score (nSPS) is 18.2. The minimum atomic E-state index is 0.248. The maximum absolute atomic E-state index is 12.7. The van der Waals surface area contributed by atoms with E-state index in [1.54, 1.807) is 0 Å². The number of rotatable bonds is 5. The topological polar surface area (TPSA) is 32.3 Å². The third-order valence-electron chi connectivity index (χ3n) is 4.43. The lowest BCUT2D eigenvalue weighted by atomic mass is 10.0. The molecule has 0 spiro atoms. The number of nitrogens with one attached hydrogen (secondary N) is 1. The van der Waals surface area contributed by atoms with Crippen molar-refractivity contribution >= 4 is 5.91 Å². The molecule has 3 rings (SSSR count). The summed E-state index contributed by atoms with van der Waals surface area (Å²) in [5.41, 5.74) is 3.63. The summed E-state index contributed by atoms with van der Waals surface area (Å²) in [7, 11) is 0. The molecule has 1 aliphatic heterocycles. The summed E-state index contributed by atoms with van der Waals surface area (Å²) in [4.78, 5) is 14.8. The molecule has 2 aliphatic rings. The van der Waals surface area contributed by atoms with E-state index < -0.39 is 0 Å². The van der Waals surface area contributed by atoms with Crippen LogP contribution in [0.1, 0.15) is 30.4 Å². The zero-order valence-corrected chi connectivity index (χ0v) is 12.8. The van der Waals surface area contributed by atoms with Gasteiger partial charge in [-0.3, -0.25) is 4.79 Å². The molecule has 3 heteroatoms. The highest BCUT2D eigenvalue weighted by atomic mass is 16.2. The number of carbonyl (C=O) groups excluding carboxylic acids is 1. The first-order valence-electron chi connectivity index (χ1n) is 8.01. The molecule has 0 radical (unpaired) electrons. The van der Waals surface area contributed by atoms with Crippen molar-refractivity contribution in [3.05, 3.63) is 47.0 Å². The Morgan fingerprint density at radius 1 is 1.33 bits per heavy atom. The molecule has 3 nitrogen and oxygen atoms in total. The van der Waals surface area contributed by atoms with E-state index in [1.165, 1.54) is 24.0 Å². The fourth-order valence-electron chi connectivity index (χ4n) is 2.96. The van der Waals surface area contributed by atoms with Crippen molar-refractivity contribution in [3.8, 4) is 0 Å². The van der Waals surface area contributed by atoms with Crippen LogP contribution in [-0.4, -0.2) is 36.5 Å². The van der Waals surface area contributed by atoms with E-state index in [4.69, 9.17) is 0 Å². The Hall–Kier alpha value is -1.61. The number of nitrogens with zero attached hydrogens (tertiary/aromatic N) is 1. The number of hydrogen-bond acceptors (Lipinski definition) is 2. The van der Waals surface area contributed by atoms with Crippen LogP contribution in [0.3, 0.4) is 0 Å². The predicted molar refractivity (Wildman–Crippen MR) is 85.2 cm³/mol. The molecule has 1 aromatic rings. The molecule has 1 N–H and O–H groups in total. The maximum Gasteiger partial charge on any atom is 0.251 e. The molecule has 1 fully saturated rings. The molecule has 1 aromatic carbocycles. The van der Waals surface area contributed by atoms with E-state index in [0.29, 0.717) is 6.04 Å². The second-order valence-corrected chi connectivity index (χ2v) is 6.10. The van der Waals surface area contributed by atoms with Crippen molar-refractivity contribution in [3.63, 3.8) is 0 Å². The van der Waals surface area contributed by atoms with Gasteiger partial charge in [-0.25, -0.2) is 0 Å². The Morgan fingerprint density at radius 2 is 2.14 bits per heavy atom. The third kappa shape index (κ3) is 3.53. The van der Waals surface area contributed by atoms with Crippen LogP contribution < -0.4 is 5.32 Å². The van der Waals surface area contributed by atoms with Crippen LogP contribution in [0.15, 0.2) is 35.9 Å². The number of amides is 1. The van der Waals surface area contributed by atoms with Gasteiger partial charge in [0, 0.05) is 24.7 Å². The highest BCUT2D eigenvalue weighted by Gasteiger charge is 2.33. The SMILES string of the molecule is Cc1ccccc1CCN(C(=O)C1=CCCNC1)C1CC1. The molecule has 0 bridgehead atoms. The van der Waals surface area contributed by atoms with Gasteiger partial charge in [0.05, 0.1) is 0 Å². The number of benzene rings is 1. The highest BCUT2D eigenvalue weighted by Crippen LogP contribution is 2.28. The van der Waals surface area contributed by atoms with E-state index in [0.717, 1.165) is 38.0 Å². The van der Waals surface area contributed by atoms with E-state index >= 15 is 0 Å². The Morgan fingerprint density at radius 3 is 2.81 bits per heavy atom. The summed E-state index contributed by atoms with van der Waals surface area (Å²) in [6.45, 7) is 4.70. The summed E-state index contributed by atoms with van der Waals surface area (Å²) in [5.74, 6) is 0.248. The van der Waals surface area contributed by atoms with Gasteiger partial charge in [0.1, 0.15) is 0 Å². The van der Waals surface area contributed by atoms with Gasteiger partial charge in [0.15, 0.2) is 0 Å². The van der Waals surface area contributed by atoms with E-state index in [2.05, 4.69) is 47.5 Å². The Kier molecular flexibility index (Phi) is 4.39. The van der Waals surface area contributed by atoms with Gasteiger partial charge in [-0.15, -0.1) is 0 Å². The van der Waals surface area contributed by atoms with Crippen LogP contribution in [0.2, 0.25) is 0 Å². The Balaban J connectivity index is 1.66. The molecule has 1 aliphatic carbocycles. The average molecular weight is 284 g/mol. The maximum atomic E-state index is 12.7. The summed E-state index contributed by atoms with van der Waals surface area (Å²) in [5, 5.41) is 3.30. The quantitative estimate of drug-likeness (QED) is 0.901. The van der Waals surface area contributed by atoms with Crippen LogP contribution in [-0.2, 0) is 11.2 Å². The minimum Gasteiger partial charge on any atom is -0.336 e. The summed E-state index contributed by atoms with van der Waals surface area (Å²) >= 11 is 0. The predicted octanol–water partition coefficient (Wildman–Crippen LogP) is 2.45. The molecular weight excluding hydrogens is 260 g/mol. The second-order valence-electron chi connectivity index (χ2n) is 6.10. The molecule has 21 heavy (non-hydrogen) atoms. The van der Waals surface area contributed by atoms with Gasteiger partial charge in [-0.1, -0.05) is 30.3 Å². The monoisotopic (exact) mass is 284 g/mol. The van der Waals surface area contributed by atoms with Gasteiger partial charge >= 0.3 is 0 Å². The van der Waals surface area contributed by atoms with Gasteiger partial charge in [0.2, 0.25) is 0 Å². The second kappa shape index (κ2) is 6.44. The number of aryl methyl sites for hydroxylation is 1. The first kappa shape index (κ1) is 14.3. The Bertz CT molecular complexity index is 546. The molecular formula is C18H24N2O. The first-order valence-corrected chi connectivity index (χ1v) is 8.01. The zero-order chi connectivity index (χ0) is 14.7. The summed E-state index contributed by atoms with van der Waals surface area (Å²) in [6.07, 6.45) is 6.37. The largest absolute Gasteiger partial charge is 0.336 e. The van der Waals surface area contributed by atoms with Crippen molar-refractivity contribution < 1.29 is 4.79 Å². The van der Waals surface area contributed by atoms with Crippen LogP contribution in [0.25, 0.3) is 0 Å². The molecule has 1 saturated carbocycles. The van der Waals surface area contributed by atoms with Crippen molar-refractivity contribution in [1.29, 1.82) is 0 Å².